The zero-order valence-electron chi connectivity index (χ0n) is 10.5. The van der Waals surface area contributed by atoms with Gasteiger partial charge in [-0.2, -0.15) is 11.8 Å². The summed E-state index contributed by atoms with van der Waals surface area (Å²) in [5, 5.41) is 4.43. The first kappa shape index (κ1) is 14.8. The lowest BCUT2D eigenvalue weighted by Gasteiger charge is -2.31. The summed E-state index contributed by atoms with van der Waals surface area (Å²) in [5.41, 5.74) is 1.09. The summed E-state index contributed by atoms with van der Waals surface area (Å²) in [5.74, 6) is 0. The van der Waals surface area contributed by atoms with E-state index in [1.807, 2.05) is 18.0 Å². The minimum absolute atomic E-state index is 0.631. The lowest BCUT2D eigenvalue weighted by Crippen LogP contribution is -2.40. The second-order valence-electron chi connectivity index (χ2n) is 4.63. The number of rotatable bonds is 4. The lowest BCUT2D eigenvalue weighted by atomic mass is 9.95. The standard InChI is InChI=1S/C13H18Br2N2S/c1-18-13-5-3-2-4-11(13)17-8-12-10(15)6-9(14)7-16-12/h6-7,11,13,17H,2-5,8H2,1H3. The Morgan fingerprint density at radius 2 is 2.17 bits per heavy atom. The maximum atomic E-state index is 4.45. The molecule has 100 valence electrons. The van der Waals surface area contributed by atoms with Crippen LogP contribution in [0.4, 0.5) is 0 Å². The molecule has 1 aliphatic rings. The molecule has 2 atom stereocenters. The molecular weight excluding hydrogens is 376 g/mol. The number of pyridine rings is 1. The highest BCUT2D eigenvalue weighted by molar-refractivity contribution is 9.11. The molecule has 0 spiro atoms. The van der Waals surface area contributed by atoms with E-state index in [0.29, 0.717) is 6.04 Å². The van der Waals surface area contributed by atoms with Crippen molar-refractivity contribution in [3.63, 3.8) is 0 Å². The third kappa shape index (κ3) is 3.95. The van der Waals surface area contributed by atoms with Gasteiger partial charge in [0.05, 0.1) is 5.69 Å². The molecule has 0 amide bonds. The van der Waals surface area contributed by atoms with Crippen LogP contribution >= 0.6 is 43.6 Å². The first-order chi connectivity index (χ1) is 8.70. The third-order valence-corrected chi connectivity index (χ3v) is 5.71. The van der Waals surface area contributed by atoms with E-state index in [2.05, 4.69) is 54.5 Å². The molecule has 1 aromatic heterocycles. The third-order valence-electron chi connectivity index (χ3n) is 3.42. The fourth-order valence-corrected chi connectivity index (χ4v) is 4.50. The Morgan fingerprint density at radius 1 is 1.39 bits per heavy atom. The van der Waals surface area contributed by atoms with Crippen LogP contribution in [0.1, 0.15) is 31.4 Å². The topological polar surface area (TPSA) is 24.9 Å². The average Bonchev–Trinajstić information content (AvgIpc) is 2.38. The Labute approximate surface area is 130 Å². The van der Waals surface area contributed by atoms with Gasteiger partial charge in [0.2, 0.25) is 0 Å². The van der Waals surface area contributed by atoms with Gasteiger partial charge < -0.3 is 5.32 Å². The molecule has 5 heteroatoms. The molecule has 0 radical (unpaired) electrons. The van der Waals surface area contributed by atoms with Crippen LogP contribution in [0.2, 0.25) is 0 Å². The van der Waals surface area contributed by atoms with E-state index in [4.69, 9.17) is 0 Å². The van der Waals surface area contributed by atoms with Crippen molar-refractivity contribution in [3.8, 4) is 0 Å². The number of halogens is 2. The van der Waals surface area contributed by atoms with Gasteiger partial charge in [0.15, 0.2) is 0 Å². The van der Waals surface area contributed by atoms with E-state index >= 15 is 0 Å². The van der Waals surface area contributed by atoms with Gasteiger partial charge in [0, 0.05) is 33.0 Å². The number of nitrogens with zero attached hydrogens (tertiary/aromatic N) is 1. The highest BCUT2D eigenvalue weighted by Crippen LogP contribution is 2.27. The van der Waals surface area contributed by atoms with Crippen LogP contribution in [-0.4, -0.2) is 22.5 Å². The van der Waals surface area contributed by atoms with Crippen LogP contribution < -0.4 is 5.32 Å². The lowest BCUT2D eigenvalue weighted by molar-refractivity contribution is 0.381. The zero-order chi connectivity index (χ0) is 13.0. The van der Waals surface area contributed by atoms with E-state index in [-0.39, 0.29) is 0 Å². The molecule has 0 saturated heterocycles. The smallest absolute Gasteiger partial charge is 0.0684 e. The average molecular weight is 394 g/mol. The summed E-state index contributed by atoms with van der Waals surface area (Å²) in [6.07, 6.45) is 9.44. The molecule has 1 N–H and O–H groups in total. The van der Waals surface area contributed by atoms with Gasteiger partial charge in [-0.05, 0) is 57.0 Å². The van der Waals surface area contributed by atoms with Crippen LogP contribution in [0, 0.1) is 0 Å². The Bertz CT molecular complexity index is 401. The number of hydrogen-bond donors (Lipinski definition) is 1. The van der Waals surface area contributed by atoms with E-state index in [0.717, 1.165) is 26.4 Å². The Morgan fingerprint density at radius 3 is 2.89 bits per heavy atom. The molecule has 1 saturated carbocycles. The molecule has 0 aromatic carbocycles. The van der Waals surface area contributed by atoms with E-state index in [9.17, 15) is 0 Å². The highest BCUT2D eigenvalue weighted by Gasteiger charge is 2.23. The molecule has 0 bridgehead atoms. The normalized spacial score (nSPS) is 24.2. The number of aromatic nitrogens is 1. The van der Waals surface area contributed by atoms with Gasteiger partial charge in [-0.25, -0.2) is 0 Å². The van der Waals surface area contributed by atoms with Crippen LogP contribution in [0.5, 0.6) is 0 Å². The number of hydrogen-bond acceptors (Lipinski definition) is 3. The first-order valence-corrected chi connectivity index (χ1v) is 9.14. The fourth-order valence-electron chi connectivity index (χ4n) is 2.41. The van der Waals surface area contributed by atoms with Gasteiger partial charge >= 0.3 is 0 Å². The van der Waals surface area contributed by atoms with Crippen molar-refractivity contribution in [1.82, 2.24) is 10.3 Å². The maximum Gasteiger partial charge on any atom is 0.0684 e. The molecule has 0 aliphatic heterocycles. The van der Waals surface area contributed by atoms with Gasteiger partial charge in [0.25, 0.3) is 0 Å². The predicted octanol–water partition coefficient (Wildman–Crippen LogP) is 4.37. The Kier molecular flexibility index (Phi) is 5.98. The van der Waals surface area contributed by atoms with Crippen molar-refractivity contribution in [2.75, 3.05) is 6.26 Å². The minimum Gasteiger partial charge on any atom is -0.307 e. The SMILES string of the molecule is CSC1CCCCC1NCc1ncc(Br)cc1Br. The summed E-state index contributed by atoms with van der Waals surface area (Å²) in [6, 6.07) is 2.68. The number of thioether (sulfide) groups is 1. The molecule has 2 unspecified atom stereocenters. The van der Waals surface area contributed by atoms with Crippen LogP contribution in [-0.2, 0) is 6.54 Å². The highest BCUT2D eigenvalue weighted by atomic mass is 79.9. The quantitative estimate of drug-likeness (QED) is 0.821. The Balaban J connectivity index is 1.93. The Hall–Kier alpha value is 0.420. The fraction of sp³-hybridized carbons (Fsp3) is 0.615. The number of nitrogens with one attached hydrogen (secondary N) is 1. The summed E-state index contributed by atoms with van der Waals surface area (Å²) in [7, 11) is 0. The molecule has 18 heavy (non-hydrogen) atoms. The molecular formula is C13H18Br2N2S. The molecule has 2 rings (SSSR count). The van der Waals surface area contributed by atoms with Crippen molar-refractivity contribution >= 4 is 43.6 Å². The first-order valence-electron chi connectivity index (χ1n) is 6.27. The van der Waals surface area contributed by atoms with Crippen LogP contribution in [0.15, 0.2) is 21.2 Å². The van der Waals surface area contributed by atoms with Gasteiger partial charge in [-0.15, -0.1) is 0 Å². The van der Waals surface area contributed by atoms with Crippen molar-refractivity contribution in [2.45, 2.75) is 43.5 Å². The van der Waals surface area contributed by atoms with Crippen molar-refractivity contribution in [3.05, 3.63) is 26.9 Å². The molecule has 1 fully saturated rings. The van der Waals surface area contributed by atoms with Gasteiger partial charge in [0.1, 0.15) is 0 Å². The summed E-state index contributed by atoms with van der Waals surface area (Å²) < 4.78 is 2.08. The monoisotopic (exact) mass is 392 g/mol. The molecule has 1 heterocycles. The maximum absolute atomic E-state index is 4.45. The van der Waals surface area contributed by atoms with Crippen molar-refractivity contribution in [1.29, 1.82) is 0 Å². The van der Waals surface area contributed by atoms with E-state index in [1.54, 1.807) is 0 Å². The second-order valence-corrected chi connectivity index (χ2v) is 7.47. The van der Waals surface area contributed by atoms with E-state index in [1.165, 1.54) is 25.7 Å². The predicted molar refractivity (Wildman–Crippen MR) is 86.0 cm³/mol. The molecule has 1 aromatic rings. The van der Waals surface area contributed by atoms with Crippen molar-refractivity contribution < 1.29 is 0 Å². The van der Waals surface area contributed by atoms with Gasteiger partial charge in [-0.3, -0.25) is 4.98 Å². The largest absolute Gasteiger partial charge is 0.307 e. The van der Waals surface area contributed by atoms with Crippen molar-refractivity contribution in [2.24, 2.45) is 0 Å². The molecule has 2 nitrogen and oxygen atoms in total. The second kappa shape index (κ2) is 7.27. The minimum atomic E-state index is 0.631. The van der Waals surface area contributed by atoms with Crippen LogP contribution in [0.3, 0.4) is 0 Å². The zero-order valence-corrected chi connectivity index (χ0v) is 14.4. The summed E-state index contributed by atoms with van der Waals surface area (Å²) in [4.78, 5) is 4.45. The van der Waals surface area contributed by atoms with Crippen LogP contribution in [0.25, 0.3) is 0 Å². The van der Waals surface area contributed by atoms with E-state index < -0.39 is 0 Å². The van der Waals surface area contributed by atoms with Gasteiger partial charge in [-0.1, -0.05) is 12.8 Å². The summed E-state index contributed by atoms with van der Waals surface area (Å²) >= 11 is 8.99. The molecule has 1 aliphatic carbocycles. The summed E-state index contributed by atoms with van der Waals surface area (Å²) in [6.45, 7) is 0.843.